The number of primary amides is 1. The number of ether oxygens (including phenoxy) is 1. The number of halogens is 1. The van der Waals surface area contributed by atoms with Gasteiger partial charge in [-0.25, -0.2) is 4.98 Å². The van der Waals surface area contributed by atoms with Crippen LogP contribution in [-0.4, -0.2) is 33.5 Å². The van der Waals surface area contributed by atoms with Crippen molar-refractivity contribution >= 4 is 23.4 Å². The van der Waals surface area contributed by atoms with Gasteiger partial charge in [-0.3, -0.25) is 9.59 Å². The van der Waals surface area contributed by atoms with E-state index in [2.05, 4.69) is 30.7 Å². The maximum absolute atomic E-state index is 13.0. The highest BCUT2D eigenvalue weighted by molar-refractivity contribution is 6.32. The standard InChI is InChI=1S/C29H37ClN4O3/c1-18(2)37-25-13-11-21(16-23(25)30)27(36)32-22(12-14-26(31)35)15-19-7-9-20(10-8-19)24-17-34(6)28(33-24)29(3,4)5/h7-11,13,16-18,22H,12,14-15H2,1-6H3,(H2,31,35)(H,32,36)/t22-/m1/s1. The first-order valence-electron chi connectivity index (χ1n) is 12.5. The minimum absolute atomic E-state index is 0.0278. The maximum Gasteiger partial charge on any atom is 0.251 e. The lowest BCUT2D eigenvalue weighted by molar-refractivity contribution is -0.118. The van der Waals surface area contributed by atoms with Gasteiger partial charge in [0.25, 0.3) is 5.91 Å². The van der Waals surface area contributed by atoms with E-state index in [1.54, 1.807) is 18.2 Å². The number of benzene rings is 2. The van der Waals surface area contributed by atoms with Gasteiger partial charge in [0.2, 0.25) is 5.91 Å². The molecule has 0 saturated carbocycles. The van der Waals surface area contributed by atoms with Crippen molar-refractivity contribution in [2.75, 3.05) is 0 Å². The van der Waals surface area contributed by atoms with Gasteiger partial charge in [0.1, 0.15) is 11.6 Å². The lowest BCUT2D eigenvalue weighted by Gasteiger charge is -2.19. The summed E-state index contributed by atoms with van der Waals surface area (Å²) in [6.45, 7) is 10.2. The highest BCUT2D eigenvalue weighted by Crippen LogP contribution is 2.27. The van der Waals surface area contributed by atoms with Crippen molar-refractivity contribution in [3.05, 3.63) is 70.6 Å². The summed E-state index contributed by atoms with van der Waals surface area (Å²) < 4.78 is 7.71. The Balaban J connectivity index is 1.74. The molecule has 1 aromatic heterocycles. The van der Waals surface area contributed by atoms with E-state index in [-0.39, 0.29) is 29.9 Å². The molecule has 0 saturated heterocycles. The number of rotatable bonds is 10. The fraction of sp³-hybridized carbons (Fsp3) is 0.414. The van der Waals surface area contributed by atoms with Crippen molar-refractivity contribution < 1.29 is 14.3 Å². The fourth-order valence-corrected chi connectivity index (χ4v) is 4.43. The van der Waals surface area contributed by atoms with Crippen molar-refractivity contribution in [3.63, 3.8) is 0 Å². The van der Waals surface area contributed by atoms with E-state index in [1.807, 2.05) is 51.4 Å². The molecule has 0 unspecified atom stereocenters. The molecule has 0 aliphatic heterocycles. The second kappa shape index (κ2) is 11.8. The van der Waals surface area contributed by atoms with Crippen LogP contribution in [-0.2, 0) is 23.7 Å². The number of nitrogens with one attached hydrogen (secondary N) is 1. The molecule has 0 bridgehead atoms. The smallest absolute Gasteiger partial charge is 0.251 e. The third-order valence-electron chi connectivity index (χ3n) is 5.91. The third-order valence-corrected chi connectivity index (χ3v) is 6.21. The van der Waals surface area contributed by atoms with E-state index in [0.717, 1.165) is 22.6 Å². The molecule has 0 aliphatic rings. The number of aryl methyl sites for hydroxylation is 1. The molecular weight excluding hydrogens is 488 g/mol. The van der Waals surface area contributed by atoms with Crippen LogP contribution in [0.3, 0.4) is 0 Å². The van der Waals surface area contributed by atoms with E-state index < -0.39 is 5.91 Å². The maximum atomic E-state index is 13.0. The van der Waals surface area contributed by atoms with Gasteiger partial charge in [0.05, 0.1) is 16.8 Å². The predicted molar refractivity (Wildman–Crippen MR) is 148 cm³/mol. The molecule has 3 N–H and O–H groups in total. The number of imidazole rings is 1. The summed E-state index contributed by atoms with van der Waals surface area (Å²) >= 11 is 6.32. The third kappa shape index (κ3) is 7.83. The number of carbonyl (C=O) groups is 2. The normalized spacial score (nSPS) is 12.4. The molecule has 3 rings (SSSR count). The molecule has 0 fully saturated rings. The molecule has 3 aromatic rings. The zero-order valence-corrected chi connectivity index (χ0v) is 23.2. The van der Waals surface area contributed by atoms with E-state index >= 15 is 0 Å². The van der Waals surface area contributed by atoms with Crippen LogP contribution < -0.4 is 15.8 Å². The summed E-state index contributed by atoms with van der Waals surface area (Å²) in [5.74, 6) is 0.871. The number of carbonyl (C=O) groups excluding carboxylic acids is 2. The highest BCUT2D eigenvalue weighted by Gasteiger charge is 2.21. The van der Waals surface area contributed by atoms with Crippen molar-refractivity contribution in [1.82, 2.24) is 14.9 Å². The van der Waals surface area contributed by atoms with Crippen molar-refractivity contribution in [2.45, 2.75) is 71.4 Å². The summed E-state index contributed by atoms with van der Waals surface area (Å²) in [5.41, 5.74) is 8.73. The van der Waals surface area contributed by atoms with Gasteiger partial charge >= 0.3 is 0 Å². The molecule has 8 heteroatoms. The minimum Gasteiger partial charge on any atom is -0.489 e. The Bertz CT molecular complexity index is 1240. The Labute approximate surface area is 224 Å². The zero-order valence-electron chi connectivity index (χ0n) is 22.5. The highest BCUT2D eigenvalue weighted by atomic mass is 35.5. The lowest BCUT2D eigenvalue weighted by Crippen LogP contribution is -2.37. The number of amides is 2. The Morgan fingerprint density at radius 1 is 1.14 bits per heavy atom. The average molecular weight is 525 g/mol. The topological polar surface area (TPSA) is 99.2 Å². The fourth-order valence-electron chi connectivity index (χ4n) is 4.20. The second-order valence-electron chi connectivity index (χ2n) is 10.7. The van der Waals surface area contributed by atoms with Gasteiger partial charge in [0, 0.05) is 42.2 Å². The Morgan fingerprint density at radius 3 is 2.35 bits per heavy atom. The Kier molecular flexibility index (Phi) is 9.02. The Hall–Kier alpha value is -3.32. The summed E-state index contributed by atoms with van der Waals surface area (Å²) in [6.07, 6.45) is 3.17. The van der Waals surface area contributed by atoms with Gasteiger partial charge in [0.15, 0.2) is 0 Å². The lowest BCUT2D eigenvalue weighted by atomic mass is 9.96. The number of nitrogens with two attached hydrogens (primary N) is 1. The quantitative estimate of drug-likeness (QED) is 0.369. The Morgan fingerprint density at radius 2 is 1.81 bits per heavy atom. The first kappa shape index (κ1) is 28.3. The number of hydrogen-bond acceptors (Lipinski definition) is 4. The predicted octanol–water partition coefficient (Wildman–Crippen LogP) is 5.43. The van der Waals surface area contributed by atoms with E-state index in [9.17, 15) is 9.59 Å². The molecular formula is C29H37ClN4O3. The number of aromatic nitrogens is 2. The molecule has 198 valence electrons. The summed E-state index contributed by atoms with van der Waals surface area (Å²) in [7, 11) is 2.01. The molecule has 2 aromatic carbocycles. The van der Waals surface area contributed by atoms with Gasteiger partial charge in [-0.2, -0.15) is 0 Å². The molecule has 2 amide bonds. The van der Waals surface area contributed by atoms with E-state index in [4.69, 9.17) is 27.1 Å². The van der Waals surface area contributed by atoms with Crippen LogP contribution in [0.5, 0.6) is 5.75 Å². The molecule has 37 heavy (non-hydrogen) atoms. The molecule has 1 atom stereocenters. The van der Waals surface area contributed by atoms with Crippen LogP contribution in [0.1, 0.15) is 69.2 Å². The molecule has 0 spiro atoms. The van der Waals surface area contributed by atoms with E-state index in [1.165, 1.54) is 0 Å². The first-order valence-corrected chi connectivity index (χ1v) is 12.9. The van der Waals surface area contributed by atoms with Gasteiger partial charge in [-0.15, -0.1) is 0 Å². The van der Waals surface area contributed by atoms with Crippen LogP contribution in [0.25, 0.3) is 11.3 Å². The second-order valence-corrected chi connectivity index (χ2v) is 11.1. The van der Waals surface area contributed by atoms with Crippen LogP contribution >= 0.6 is 11.6 Å². The minimum atomic E-state index is -0.405. The average Bonchev–Trinajstić information content (AvgIpc) is 3.21. The summed E-state index contributed by atoms with van der Waals surface area (Å²) in [4.78, 5) is 29.3. The van der Waals surface area contributed by atoms with Crippen LogP contribution in [0.15, 0.2) is 48.7 Å². The van der Waals surface area contributed by atoms with E-state index in [0.29, 0.717) is 29.2 Å². The number of nitrogens with zero attached hydrogens (tertiary/aromatic N) is 2. The van der Waals surface area contributed by atoms with Crippen LogP contribution in [0.4, 0.5) is 0 Å². The van der Waals surface area contributed by atoms with Gasteiger partial charge < -0.3 is 20.4 Å². The molecule has 1 heterocycles. The number of hydrogen-bond donors (Lipinski definition) is 2. The van der Waals surface area contributed by atoms with Crippen molar-refractivity contribution in [2.24, 2.45) is 12.8 Å². The first-order chi connectivity index (χ1) is 17.3. The summed E-state index contributed by atoms with van der Waals surface area (Å²) in [5, 5.41) is 3.41. The van der Waals surface area contributed by atoms with Crippen LogP contribution in [0, 0.1) is 0 Å². The summed E-state index contributed by atoms with van der Waals surface area (Å²) in [6, 6.07) is 12.8. The monoisotopic (exact) mass is 524 g/mol. The zero-order chi connectivity index (χ0) is 27.3. The molecule has 0 radical (unpaired) electrons. The largest absolute Gasteiger partial charge is 0.489 e. The van der Waals surface area contributed by atoms with Crippen molar-refractivity contribution in [3.8, 4) is 17.0 Å². The van der Waals surface area contributed by atoms with Crippen LogP contribution in [0.2, 0.25) is 5.02 Å². The van der Waals surface area contributed by atoms with Gasteiger partial charge in [-0.05, 0) is 50.5 Å². The molecule has 7 nitrogen and oxygen atoms in total. The van der Waals surface area contributed by atoms with Crippen molar-refractivity contribution in [1.29, 1.82) is 0 Å². The SMILES string of the molecule is CC(C)Oc1ccc(C(=O)N[C@H](CCC(N)=O)Cc2ccc(-c3cn(C)c(C(C)(C)C)n3)cc2)cc1Cl. The molecule has 0 aliphatic carbocycles. The van der Waals surface area contributed by atoms with Gasteiger partial charge in [-0.1, -0.05) is 56.6 Å².